The smallest absolute Gasteiger partial charge is 0.231 e. The van der Waals surface area contributed by atoms with Crippen LogP contribution in [-0.2, 0) is 16.1 Å². The summed E-state index contributed by atoms with van der Waals surface area (Å²) < 4.78 is 5.32. The van der Waals surface area contributed by atoms with Gasteiger partial charge in [-0.25, -0.2) is 4.98 Å². The van der Waals surface area contributed by atoms with Crippen molar-refractivity contribution >= 4 is 11.8 Å². The SMILES string of the molecule is COc1nc(C)cc(C)c1CNC(=O)C1CCCN(CC(N)=O)C1. The fourth-order valence-electron chi connectivity index (χ4n) is 3.17. The molecule has 0 saturated carbocycles. The molecule has 132 valence electrons. The molecule has 1 aromatic rings. The molecular weight excluding hydrogens is 308 g/mol. The topological polar surface area (TPSA) is 97.6 Å². The molecule has 0 aromatic carbocycles. The summed E-state index contributed by atoms with van der Waals surface area (Å²) in [4.78, 5) is 29.8. The second-order valence-electron chi connectivity index (χ2n) is 6.33. The van der Waals surface area contributed by atoms with Crippen LogP contribution in [0.25, 0.3) is 0 Å². The third-order valence-corrected chi connectivity index (χ3v) is 4.33. The highest BCUT2D eigenvalue weighted by Crippen LogP contribution is 2.21. The van der Waals surface area contributed by atoms with Crippen molar-refractivity contribution in [3.8, 4) is 5.88 Å². The van der Waals surface area contributed by atoms with Crippen molar-refractivity contribution in [2.24, 2.45) is 11.7 Å². The number of piperidine rings is 1. The number of nitrogens with two attached hydrogens (primary N) is 1. The molecule has 1 atom stereocenters. The summed E-state index contributed by atoms with van der Waals surface area (Å²) in [5.41, 5.74) is 8.05. The molecule has 1 fully saturated rings. The fourth-order valence-corrected chi connectivity index (χ4v) is 3.17. The van der Waals surface area contributed by atoms with Gasteiger partial charge in [-0.1, -0.05) is 0 Å². The summed E-state index contributed by atoms with van der Waals surface area (Å²) in [7, 11) is 1.58. The summed E-state index contributed by atoms with van der Waals surface area (Å²) in [5, 5.41) is 2.98. The van der Waals surface area contributed by atoms with Crippen molar-refractivity contribution in [1.82, 2.24) is 15.2 Å². The molecule has 1 aliphatic heterocycles. The Balaban J connectivity index is 1.97. The van der Waals surface area contributed by atoms with E-state index in [0.717, 1.165) is 36.2 Å². The summed E-state index contributed by atoms with van der Waals surface area (Å²) in [6.45, 7) is 5.85. The van der Waals surface area contributed by atoms with Crippen LogP contribution in [0.3, 0.4) is 0 Å². The first-order valence-corrected chi connectivity index (χ1v) is 8.20. The molecule has 24 heavy (non-hydrogen) atoms. The molecule has 2 heterocycles. The predicted molar refractivity (Wildman–Crippen MR) is 90.5 cm³/mol. The lowest BCUT2D eigenvalue weighted by Crippen LogP contribution is -2.45. The molecular formula is C17H26N4O3. The zero-order valence-electron chi connectivity index (χ0n) is 14.6. The van der Waals surface area contributed by atoms with Crippen LogP contribution < -0.4 is 15.8 Å². The highest BCUT2D eigenvalue weighted by atomic mass is 16.5. The molecule has 1 aromatic heterocycles. The van der Waals surface area contributed by atoms with Crippen LogP contribution in [0, 0.1) is 19.8 Å². The van der Waals surface area contributed by atoms with Gasteiger partial charge in [-0.05, 0) is 44.9 Å². The van der Waals surface area contributed by atoms with E-state index < -0.39 is 0 Å². The number of hydrogen-bond donors (Lipinski definition) is 2. The van der Waals surface area contributed by atoms with Crippen molar-refractivity contribution in [3.63, 3.8) is 0 Å². The fraction of sp³-hybridized carbons (Fsp3) is 0.588. The molecule has 7 heteroatoms. The number of rotatable bonds is 6. The van der Waals surface area contributed by atoms with E-state index in [9.17, 15) is 9.59 Å². The first kappa shape index (κ1) is 18.2. The maximum atomic E-state index is 12.5. The zero-order valence-corrected chi connectivity index (χ0v) is 14.6. The maximum absolute atomic E-state index is 12.5. The highest BCUT2D eigenvalue weighted by Gasteiger charge is 2.26. The number of nitrogens with one attached hydrogen (secondary N) is 1. The van der Waals surface area contributed by atoms with E-state index in [-0.39, 0.29) is 24.3 Å². The lowest BCUT2D eigenvalue weighted by atomic mass is 9.97. The molecule has 0 aliphatic carbocycles. The zero-order chi connectivity index (χ0) is 17.7. The quantitative estimate of drug-likeness (QED) is 0.790. The number of methoxy groups -OCH3 is 1. The van der Waals surface area contributed by atoms with Gasteiger partial charge in [-0.2, -0.15) is 0 Å². The monoisotopic (exact) mass is 334 g/mol. The third kappa shape index (κ3) is 4.67. The van der Waals surface area contributed by atoms with Gasteiger partial charge < -0.3 is 15.8 Å². The van der Waals surface area contributed by atoms with Gasteiger partial charge in [0, 0.05) is 24.3 Å². The lowest BCUT2D eigenvalue weighted by molar-refractivity contribution is -0.128. The summed E-state index contributed by atoms with van der Waals surface area (Å²) >= 11 is 0. The minimum Gasteiger partial charge on any atom is -0.481 e. The molecule has 1 aliphatic rings. The second-order valence-corrected chi connectivity index (χ2v) is 6.33. The van der Waals surface area contributed by atoms with E-state index in [1.54, 1.807) is 7.11 Å². The number of ether oxygens (including phenoxy) is 1. The Hall–Kier alpha value is -2.15. The largest absolute Gasteiger partial charge is 0.481 e. The molecule has 2 rings (SSSR count). The van der Waals surface area contributed by atoms with E-state index >= 15 is 0 Å². The Labute approximate surface area is 142 Å². The van der Waals surface area contributed by atoms with Gasteiger partial charge in [0.25, 0.3) is 0 Å². The molecule has 7 nitrogen and oxygen atoms in total. The molecule has 0 spiro atoms. The maximum Gasteiger partial charge on any atom is 0.231 e. The highest BCUT2D eigenvalue weighted by molar-refractivity contribution is 5.79. The van der Waals surface area contributed by atoms with Gasteiger partial charge in [0.05, 0.1) is 19.6 Å². The van der Waals surface area contributed by atoms with Gasteiger partial charge >= 0.3 is 0 Å². The average molecular weight is 334 g/mol. The molecule has 1 saturated heterocycles. The summed E-state index contributed by atoms with van der Waals surface area (Å²) in [6.07, 6.45) is 1.71. The van der Waals surface area contributed by atoms with Crippen LogP contribution in [0.5, 0.6) is 5.88 Å². The molecule has 1 unspecified atom stereocenters. The first-order chi connectivity index (χ1) is 11.4. The van der Waals surface area contributed by atoms with Gasteiger partial charge in [0.2, 0.25) is 17.7 Å². The van der Waals surface area contributed by atoms with Gasteiger partial charge in [0.1, 0.15) is 0 Å². The van der Waals surface area contributed by atoms with Crippen molar-refractivity contribution in [3.05, 3.63) is 22.9 Å². The molecule has 3 N–H and O–H groups in total. The lowest BCUT2D eigenvalue weighted by Gasteiger charge is -2.31. The Morgan fingerprint density at radius 3 is 2.88 bits per heavy atom. The normalized spacial score (nSPS) is 18.2. The number of nitrogens with zero attached hydrogens (tertiary/aromatic N) is 2. The summed E-state index contributed by atoms with van der Waals surface area (Å²) in [5.74, 6) is 0.0583. The van der Waals surface area contributed by atoms with Crippen LogP contribution in [0.1, 0.15) is 29.7 Å². The Morgan fingerprint density at radius 1 is 1.46 bits per heavy atom. The van der Waals surface area contributed by atoms with E-state index in [2.05, 4.69) is 10.3 Å². The van der Waals surface area contributed by atoms with E-state index in [4.69, 9.17) is 10.5 Å². The Kier molecular flexibility index (Phi) is 6.14. The van der Waals surface area contributed by atoms with Crippen molar-refractivity contribution < 1.29 is 14.3 Å². The van der Waals surface area contributed by atoms with Crippen LogP contribution in [-0.4, -0.2) is 48.4 Å². The van der Waals surface area contributed by atoms with Crippen LogP contribution in [0.2, 0.25) is 0 Å². The minimum absolute atomic E-state index is 0.00815. The second kappa shape index (κ2) is 8.10. The number of aryl methyl sites for hydroxylation is 2. The van der Waals surface area contributed by atoms with E-state index in [1.165, 1.54) is 0 Å². The third-order valence-electron chi connectivity index (χ3n) is 4.33. The number of hydrogen-bond acceptors (Lipinski definition) is 5. The molecule has 0 bridgehead atoms. The number of carbonyl (C=O) groups is 2. The van der Waals surface area contributed by atoms with Crippen molar-refractivity contribution in [2.45, 2.75) is 33.2 Å². The number of amides is 2. The standard InChI is InChI=1S/C17H26N4O3/c1-11-7-12(2)20-17(24-3)14(11)8-19-16(23)13-5-4-6-21(9-13)10-15(18)22/h7,13H,4-6,8-10H2,1-3H3,(H2,18,22)(H,19,23). The van der Waals surface area contributed by atoms with E-state index in [1.807, 2.05) is 24.8 Å². The van der Waals surface area contributed by atoms with Crippen LogP contribution >= 0.6 is 0 Å². The number of carbonyl (C=O) groups excluding carboxylic acids is 2. The van der Waals surface area contributed by atoms with Crippen LogP contribution in [0.4, 0.5) is 0 Å². The molecule has 2 amide bonds. The Bertz CT molecular complexity index is 618. The average Bonchev–Trinajstić information content (AvgIpc) is 2.52. The number of primary amides is 1. The molecule has 0 radical (unpaired) electrons. The van der Waals surface area contributed by atoms with Crippen molar-refractivity contribution in [2.75, 3.05) is 26.7 Å². The van der Waals surface area contributed by atoms with Gasteiger partial charge in [-0.15, -0.1) is 0 Å². The Morgan fingerprint density at radius 2 is 2.21 bits per heavy atom. The van der Waals surface area contributed by atoms with Gasteiger partial charge in [0.15, 0.2) is 0 Å². The van der Waals surface area contributed by atoms with Gasteiger partial charge in [-0.3, -0.25) is 14.5 Å². The summed E-state index contributed by atoms with van der Waals surface area (Å²) in [6, 6.07) is 1.97. The first-order valence-electron chi connectivity index (χ1n) is 8.20. The number of likely N-dealkylation sites (tertiary alicyclic amines) is 1. The minimum atomic E-state index is -0.359. The number of pyridine rings is 1. The van der Waals surface area contributed by atoms with Crippen molar-refractivity contribution in [1.29, 1.82) is 0 Å². The van der Waals surface area contributed by atoms with Crippen LogP contribution in [0.15, 0.2) is 6.07 Å². The predicted octanol–water partition coefficient (Wildman–Crippen LogP) is 0.521. The number of aromatic nitrogens is 1. The van der Waals surface area contributed by atoms with E-state index in [0.29, 0.717) is 19.0 Å².